The van der Waals surface area contributed by atoms with E-state index in [0.29, 0.717) is 13.0 Å². The van der Waals surface area contributed by atoms with Crippen molar-refractivity contribution in [2.45, 2.75) is 19.3 Å². The molecule has 0 aliphatic rings. The van der Waals surface area contributed by atoms with Gasteiger partial charge in [0, 0.05) is 27.1 Å². The summed E-state index contributed by atoms with van der Waals surface area (Å²) >= 11 is 0. The summed E-state index contributed by atoms with van der Waals surface area (Å²) in [4.78, 5) is 16.5. The predicted octanol–water partition coefficient (Wildman–Crippen LogP) is -0.482. The van der Waals surface area contributed by atoms with E-state index in [2.05, 4.69) is 4.99 Å². The van der Waals surface area contributed by atoms with Gasteiger partial charge in [-0.2, -0.15) is 0 Å². The second kappa shape index (κ2) is 6.28. The Hall–Kier alpha value is -1.26. The average Bonchev–Trinajstić information content (AvgIpc) is 2.02. The molecule has 0 aliphatic carbocycles. The molecular weight excluding hydrogens is 168 g/mol. The van der Waals surface area contributed by atoms with E-state index in [0.717, 1.165) is 12.8 Å². The third kappa shape index (κ3) is 7.11. The van der Waals surface area contributed by atoms with Crippen LogP contribution >= 0.6 is 0 Å². The number of aliphatic imine (C=N–C) groups is 1. The van der Waals surface area contributed by atoms with Gasteiger partial charge in [0.15, 0.2) is 5.96 Å². The Morgan fingerprint density at radius 3 is 2.38 bits per heavy atom. The summed E-state index contributed by atoms with van der Waals surface area (Å²) in [5, 5.41) is 0. The highest BCUT2D eigenvalue weighted by Crippen LogP contribution is 1.97. The Morgan fingerprint density at radius 2 is 1.92 bits per heavy atom. The molecule has 4 N–H and O–H groups in total. The summed E-state index contributed by atoms with van der Waals surface area (Å²) in [5.74, 6) is 0.253. The molecule has 0 aromatic heterocycles. The molecule has 13 heavy (non-hydrogen) atoms. The number of nitrogens with zero attached hydrogens (tertiary/aromatic N) is 2. The fraction of sp³-hybridized carbons (Fsp3) is 0.750. The second-order valence-electron chi connectivity index (χ2n) is 3.05. The first-order valence-corrected chi connectivity index (χ1v) is 4.29. The van der Waals surface area contributed by atoms with Crippen LogP contribution in [0.15, 0.2) is 4.99 Å². The quantitative estimate of drug-likeness (QED) is 0.345. The number of hydrogen-bond acceptors (Lipinski definition) is 2. The standard InChI is InChI=1S/C8H18N4O/c1-12(2)7(13)5-3-4-6-11-8(9)10/h3-6H2,1-2H3,(H4,9,10,11). The first kappa shape index (κ1) is 11.7. The highest BCUT2D eigenvalue weighted by atomic mass is 16.2. The molecular formula is C8H18N4O. The first-order valence-electron chi connectivity index (χ1n) is 4.29. The van der Waals surface area contributed by atoms with Crippen molar-refractivity contribution in [3.05, 3.63) is 0 Å². The maximum atomic E-state index is 11.1. The van der Waals surface area contributed by atoms with E-state index >= 15 is 0 Å². The SMILES string of the molecule is CN(C)C(=O)CCCCN=C(N)N. The summed E-state index contributed by atoms with van der Waals surface area (Å²) < 4.78 is 0. The highest BCUT2D eigenvalue weighted by molar-refractivity contribution is 5.76. The summed E-state index contributed by atoms with van der Waals surface area (Å²) in [6.45, 7) is 0.600. The molecule has 0 atom stereocenters. The van der Waals surface area contributed by atoms with Crippen molar-refractivity contribution in [2.24, 2.45) is 16.5 Å². The van der Waals surface area contributed by atoms with Crippen LogP contribution < -0.4 is 11.5 Å². The van der Waals surface area contributed by atoms with Crippen LogP contribution in [0, 0.1) is 0 Å². The van der Waals surface area contributed by atoms with Crippen LogP contribution in [-0.2, 0) is 4.79 Å². The Labute approximate surface area is 78.8 Å². The van der Waals surface area contributed by atoms with Gasteiger partial charge in [-0.3, -0.25) is 9.79 Å². The van der Waals surface area contributed by atoms with Crippen molar-refractivity contribution in [1.82, 2.24) is 4.90 Å². The lowest BCUT2D eigenvalue weighted by Crippen LogP contribution is -2.23. The normalized spacial score (nSPS) is 9.38. The van der Waals surface area contributed by atoms with Gasteiger partial charge in [-0.25, -0.2) is 0 Å². The molecule has 76 valence electrons. The highest BCUT2D eigenvalue weighted by Gasteiger charge is 2.01. The number of unbranched alkanes of at least 4 members (excludes halogenated alkanes) is 1. The molecule has 5 nitrogen and oxygen atoms in total. The fourth-order valence-corrected chi connectivity index (χ4v) is 0.820. The molecule has 0 fully saturated rings. The minimum Gasteiger partial charge on any atom is -0.370 e. The topological polar surface area (TPSA) is 84.7 Å². The number of nitrogens with two attached hydrogens (primary N) is 2. The lowest BCUT2D eigenvalue weighted by Gasteiger charge is -2.08. The van der Waals surface area contributed by atoms with Gasteiger partial charge < -0.3 is 16.4 Å². The van der Waals surface area contributed by atoms with E-state index in [1.807, 2.05) is 0 Å². The minimum atomic E-state index is 0.110. The zero-order valence-corrected chi connectivity index (χ0v) is 8.29. The number of hydrogen-bond donors (Lipinski definition) is 2. The monoisotopic (exact) mass is 186 g/mol. The van der Waals surface area contributed by atoms with Gasteiger partial charge in [-0.15, -0.1) is 0 Å². The van der Waals surface area contributed by atoms with Crippen molar-refractivity contribution in [3.8, 4) is 0 Å². The molecule has 0 heterocycles. The molecule has 0 aliphatic heterocycles. The lowest BCUT2D eigenvalue weighted by molar-refractivity contribution is -0.128. The van der Waals surface area contributed by atoms with Gasteiger partial charge in [-0.05, 0) is 12.8 Å². The van der Waals surface area contributed by atoms with Gasteiger partial charge in [0.2, 0.25) is 5.91 Å². The lowest BCUT2D eigenvalue weighted by atomic mass is 10.2. The van der Waals surface area contributed by atoms with Crippen LogP contribution in [0.2, 0.25) is 0 Å². The average molecular weight is 186 g/mol. The Kier molecular flexibility index (Phi) is 5.67. The van der Waals surface area contributed by atoms with Gasteiger partial charge in [0.25, 0.3) is 0 Å². The summed E-state index contributed by atoms with van der Waals surface area (Å²) in [6.07, 6.45) is 2.23. The smallest absolute Gasteiger partial charge is 0.222 e. The second-order valence-corrected chi connectivity index (χ2v) is 3.05. The van der Waals surface area contributed by atoms with Crippen molar-refractivity contribution >= 4 is 11.9 Å². The molecule has 0 bridgehead atoms. The van der Waals surface area contributed by atoms with Crippen molar-refractivity contribution in [2.75, 3.05) is 20.6 Å². The Morgan fingerprint density at radius 1 is 1.31 bits per heavy atom. The third-order valence-electron chi connectivity index (χ3n) is 1.59. The molecule has 0 saturated carbocycles. The van der Waals surface area contributed by atoms with Gasteiger partial charge in [0.05, 0.1) is 0 Å². The van der Waals surface area contributed by atoms with Crippen molar-refractivity contribution in [1.29, 1.82) is 0 Å². The van der Waals surface area contributed by atoms with E-state index in [-0.39, 0.29) is 11.9 Å². The number of rotatable bonds is 5. The molecule has 0 radical (unpaired) electrons. The van der Waals surface area contributed by atoms with Crippen LogP contribution in [0.25, 0.3) is 0 Å². The number of carbonyl (C=O) groups is 1. The predicted molar refractivity (Wildman–Crippen MR) is 53.2 cm³/mol. The van der Waals surface area contributed by atoms with Gasteiger partial charge in [-0.1, -0.05) is 0 Å². The van der Waals surface area contributed by atoms with Crippen molar-refractivity contribution < 1.29 is 4.79 Å². The number of carbonyl (C=O) groups excluding carboxylic acids is 1. The maximum Gasteiger partial charge on any atom is 0.222 e. The number of amides is 1. The van der Waals surface area contributed by atoms with Gasteiger partial charge >= 0.3 is 0 Å². The summed E-state index contributed by atoms with van der Waals surface area (Å²) in [7, 11) is 3.50. The molecule has 5 heteroatoms. The maximum absolute atomic E-state index is 11.1. The molecule has 0 spiro atoms. The van der Waals surface area contributed by atoms with E-state index in [4.69, 9.17) is 11.5 Å². The van der Waals surface area contributed by atoms with E-state index < -0.39 is 0 Å². The molecule has 0 unspecified atom stereocenters. The van der Waals surface area contributed by atoms with E-state index in [1.54, 1.807) is 19.0 Å². The molecule has 1 amide bonds. The third-order valence-corrected chi connectivity index (χ3v) is 1.59. The minimum absolute atomic E-state index is 0.110. The summed E-state index contributed by atoms with van der Waals surface area (Å²) in [6, 6.07) is 0. The van der Waals surface area contributed by atoms with Crippen LogP contribution in [0.4, 0.5) is 0 Å². The Bertz CT molecular complexity index is 185. The summed E-state index contributed by atoms with van der Waals surface area (Å²) in [5.41, 5.74) is 10.3. The molecule has 0 saturated heterocycles. The molecule has 0 aromatic carbocycles. The zero-order valence-electron chi connectivity index (χ0n) is 8.29. The van der Waals surface area contributed by atoms with E-state index in [9.17, 15) is 4.79 Å². The largest absolute Gasteiger partial charge is 0.370 e. The molecule has 0 aromatic rings. The van der Waals surface area contributed by atoms with Crippen LogP contribution in [0.1, 0.15) is 19.3 Å². The number of guanidine groups is 1. The molecule has 0 rings (SSSR count). The first-order chi connectivity index (χ1) is 6.04. The fourth-order valence-electron chi connectivity index (χ4n) is 0.820. The van der Waals surface area contributed by atoms with Crippen LogP contribution in [0.5, 0.6) is 0 Å². The van der Waals surface area contributed by atoms with Crippen LogP contribution in [-0.4, -0.2) is 37.4 Å². The Balaban J connectivity index is 3.36. The van der Waals surface area contributed by atoms with E-state index in [1.165, 1.54) is 0 Å². The van der Waals surface area contributed by atoms with Crippen molar-refractivity contribution in [3.63, 3.8) is 0 Å². The van der Waals surface area contributed by atoms with Gasteiger partial charge in [0.1, 0.15) is 0 Å². The zero-order chi connectivity index (χ0) is 10.3. The van der Waals surface area contributed by atoms with Crippen LogP contribution in [0.3, 0.4) is 0 Å².